The van der Waals surface area contributed by atoms with E-state index in [1.165, 1.54) is 11.1 Å². The smallest absolute Gasteiger partial charge is 0.148 e. The van der Waals surface area contributed by atoms with Gasteiger partial charge in [-0.3, -0.25) is 9.98 Å². The van der Waals surface area contributed by atoms with Crippen LogP contribution in [0.3, 0.4) is 0 Å². The van der Waals surface area contributed by atoms with Crippen LogP contribution in [0.4, 0.5) is 0 Å². The van der Waals surface area contributed by atoms with Crippen LogP contribution in [0.15, 0.2) is 143 Å². The van der Waals surface area contributed by atoms with Gasteiger partial charge in [-0.2, -0.15) is 0 Å². The minimum absolute atomic E-state index is 0.0234. The molecule has 0 spiro atoms. The summed E-state index contributed by atoms with van der Waals surface area (Å²) in [6.07, 6.45) is 0. The summed E-state index contributed by atoms with van der Waals surface area (Å²) in [5.74, 6) is 1.43. The summed E-state index contributed by atoms with van der Waals surface area (Å²) in [6, 6.07) is 45.1. The van der Waals surface area contributed by atoms with Crippen molar-refractivity contribution >= 4 is 23.3 Å². The molecule has 0 unspecified atom stereocenters. The SMILES string of the molecule is Clc1cc(C2=N[C@H](c3ccccc3)[C@@H](c3ccccc3)N2)nc(C2=N[C@@H](c3ccccc3)[C@H](c3ccccc3)N2)c1. The molecule has 41 heavy (non-hydrogen) atoms. The molecular weight excluding hydrogens is 526 g/mol. The van der Waals surface area contributed by atoms with Crippen LogP contribution in [0.25, 0.3) is 0 Å². The van der Waals surface area contributed by atoms with Crippen LogP contribution in [0.1, 0.15) is 57.8 Å². The molecule has 3 heterocycles. The van der Waals surface area contributed by atoms with Gasteiger partial charge in [0.2, 0.25) is 0 Å². The van der Waals surface area contributed by atoms with Crippen molar-refractivity contribution in [3.05, 3.63) is 172 Å². The first kappa shape index (κ1) is 25.2. The number of nitrogens with zero attached hydrogens (tertiary/aromatic N) is 3. The van der Waals surface area contributed by atoms with Crippen LogP contribution in [-0.2, 0) is 0 Å². The van der Waals surface area contributed by atoms with E-state index in [2.05, 4.69) is 108 Å². The Hall–Kier alpha value is -4.74. The average Bonchev–Trinajstić information content (AvgIpc) is 3.69. The molecule has 2 N–H and O–H groups in total. The molecule has 200 valence electrons. The van der Waals surface area contributed by atoms with Gasteiger partial charge in [0.05, 0.1) is 12.1 Å². The summed E-state index contributed by atoms with van der Waals surface area (Å²) in [7, 11) is 0. The van der Waals surface area contributed by atoms with E-state index < -0.39 is 0 Å². The van der Waals surface area contributed by atoms with Gasteiger partial charge in [0.15, 0.2) is 0 Å². The van der Waals surface area contributed by atoms with Crippen molar-refractivity contribution < 1.29 is 0 Å². The second-order valence-electron chi connectivity index (χ2n) is 10.3. The van der Waals surface area contributed by atoms with Gasteiger partial charge in [0, 0.05) is 5.02 Å². The fraction of sp³-hybridized carbons (Fsp3) is 0.114. The highest BCUT2D eigenvalue weighted by molar-refractivity contribution is 6.31. The van der Waals surface area contributed by atoms with E-state index in [9.17, 15) is 0 Å². The van der Waals surface area contributed by atoms with Gasteiger partial charge in [-0.15, -0.1) is 0 Å². The van der Waals surface area contributed by atoms with E-state index in [0.29, 0.717) is 28.1 Å². The number of hydrogen-bond acceptors (Lipinski definition) is 5. The number of rotatable bonds is 6. The fourth-order valence-corrected chi connectivity index (χ4v) is 5.87. The minimum atomic E-state index is -0.0929. The zero-order valence-corrected chi connectivity index (χ0v) is 23.0. The van der Waals surface area contributed by atoms with Crippen LogP contribution < -0.4 is 10.6 Å². The third-order valence-corrected chi connectivity index (χ3v) is 7.85. The largest absolute Gasteiger partial charge is 0.359 e. The van der Waals surface area contributed by atoms with Crippen molar-refractivity contribution in [2.24, 2.45) is 9.98 Å². The van der Waals surface area contributed by atoms with Crippen LogP contribution >= 0.6 is 11.6 Å². The number of benzene rings is 4. The monoisotopic (exact) mass is 553 g/mol. The second kappa shape index (κ2) is 11.0. The lowest BCUT2D eigenvalue weighted by atomic mass is 9.95. The third-order valence-electron chi connectivity index (χ3n) is 7.63. The predicted octanol–water partition coefficient (Wildman–Crippen LogP) is 7.40. The van der Waals surface area contributed by atoms with E-state index in [1.807, 2.05) is 36.4 Å². The molecule has 5 aromatic rings. The van der Waals surface area contributed by atoms with Crippen molar-refractivity contribution in [3.8, 4) is 0 Å². The van der Waals surface area contributed by atoms with Gasteiger partial charge in [0.1, 0.15) is 35.1 Å². The zero-order valence-electron chi connectivity index (χ0n) is 22.2. The maximum absolute atomic E-state index is 6.71. The van der Waals surface area contributed by atoms with Crippen LogP contribution in [-0.4, -0.2) is 16.7 Å². The third kappa shape index (κ3) is 5.12. The Morgan fingerprint density at radius 1 is 0.463 bits per heavy atom. The number of aromatic nitrogens is 1. The molecule has 4 aromatic carbocycles. The van der Waals surface area contributed by atoms with E-state index in [1.54, 1.807) is 0 Å². The molecule has 0 radical (unpaired) electrons. The summed E-state index contributed by atoms with van der Waals surface area (Å²) >= 11 is 6.71. The molecule has 2 aliphatic heterocycles. The van der Waals surface area contributed by atoms with Crippen molar-refractivity contribution in [1.82, 2.24) is 15.6 Å². The molecule has 0 amide bonds. The van der Waals surface area contributed by atoms with Gasteiger partial charge in [-0.05, 0) is 34.4 Å². The summed E-state index contributed by atoms with van der Waals surface area (Å²) in [4.78, 5) is 15.3. The molecule has 6 heteroatoms. The molecule has 0 saturated carbocycles. The lowest BCUT2D eigenvalue weighted by molar-refractivity contribution is 0.572. The standard InChI is InChI=1S/C35H28ClN5/c36-27-21-28(34-38-30(23-13-5-1-6-14-23)31(39-34)24-15-7-2-8-16-24)37-29(22-27)35-40-32(25-17-9-3-10-18-25)33(41-35)26-19-11-4-12-20-26/h1-22,30-33H,(H,38,39)(H,40,41)/t30-,31-,32+,33+. The molecule has 7 rings (SSSR count). The van der Waals surface area contributed by atoms with E-state index >= 15 is 0 Å². The number of nitrogens with one attached hydrogen (secondary N) is 2. The maximum Gasteiger partial charge on any atom is 0.148 e. The molecule has 5 nitrogen and oxygen atoms in total. The van der Waals surface area contributed by atoms with E-state index in [-0.39, 0.29) is 24.2 Å². The van der Waals surface area contributed by atoms with Gasteiger partial charge in [-0.25, -0.2) is 4.98 Å². The molecule has 0 saturated heterocycles. The van der Waals surface area contributed by atoms with Crippen LogP contribution in [0.2, 0.25) is 5.02 Å². The molecule has 2 aliphatic rings. The molecule has 0 bridgehead atoms. The van der Waals surface area contributed by atoms with Crippen LogP contribution in [0.5, 0.6) is 0 Å². The summed E-state index contributed by atoms with van der Waals surface area (Å²) < 4.78 is 0. The van der Waals surface area contributed by atoms with Crippen molar-refractivity contribution in [2.45, 2.75) is 24.2 Å². The molecule has 0 fully saturated rings. The summed E-state index contributed by atoms with van der Waals surface area (Å²) in [5, 5.41) is 7.89. The summed E-state index contributed by atoms with van der Waals surface area (Å²) in [6.45, 7) is 0. The normalized spacial score (nSPS) is 21.5. The van der Waals surface area contributed by atoms with Gasteiger partial charge < -0.3 is 10.6 Å². The Bertz CT molecular complexity index is 1580. The molecular formula is C35H28ClN5. The Labute approximate surface area is 244 Å². The highest BCUT2D eigenvalue weighted by Gasteiger charge is 2.34. The maximum atomic E-state index is 6.71. The van der Waals surface area contributed by atoms with Gasteiger partial charge >= 0.3 is 0 Å². The minimum Gasteiger partial charge on any atom is -0.359 e. The lowest BCUT2D eigenvalue weighted by Gasteiger charge is -2.20. The quantitative estimate of drug-likeness (QED) is 0.230. The number of hydrogen-bond donors (Lipinski definition) is 2. The molecule has 4 atom stereocenters. The van der Waals surface area contributed by atoms with Crippen LogP contribution in [0, 0.1) is 0 Å². The molecule has 1 aromatic heterocycles. The topological polar surface area (TPSA) is 61.7 Å². The Balaban J connectivity index is 1.26. The van der Waals surface area contributed by atoms with Crippen molar-refractivity contribution in [3.63, 3.8) is 0 Å². The van der Waals surface area contributed by atoms with Crippen molar-refractivity contribution in [2.75, 3.05) is 0 Å². The lowest BCUT2D eigenvalue weighted by Crippen LogP contribution is -2.28. The van der Waals surface area contributed by atoms with Gasteiger partial charge in [-0.1, -0.05) is 133 Å². The van der Waals surface area contributed by atoms with Gasteiger partial charge in [0.25, 0.3) is 0 Å². The average molecular weight is 554 g/mol. The number of amidine groups is 2. The number of pyridine rings is 1. The Morgan fingerprint density at radius 3 is 1.17 bits per heavy atom. The summed E-state index contributed by atoms with van der Waals surface area (Å²) in [5.41, 5.74) is 6.00. The van der Waals surface area contributed by atoms with Crippen molar-refractivity contribution in [1.29, 1.82) is 0 Å². The predicted molar refractivity (Wildman–Crippen MR) is 165 cm³/mol. The first-order valence-corrected chi connectivity index (χ1v) is 14.2. The second-order valence-corrected chi connectivity index (χ2v) is 10.7. The number of aliphatic imine (C=N–C) groups is 2. The Kier molecular flexibility index (Phi) is 6.79. The van der Waals surface area contributed by atoms with E-state index in [0.717, 1.165) is 11.1 Å². The highest BCUT2D eigenvalue weighted by Crippen LogP contribution is 2.38. The first-order chi connectivity index (χ1) is 20.2. The molecule has 0 aliphatic carbocycles. The van der Waals surface area contributed by atoms with E-state index in [4.69, 9.17) is 26.6 Å². The number of halogens is 1. The fourth-order valence-electron chi connectivity index (χ4n) is 5.66. The zero-order chi connectivity index (χ0) is 27.6. The highest BCUT2D eigenvalue weighted by atomic mass is 35.5. The first-order valence-electron chi connectivity index (χ1n) is 13.8. The Morgan fingerprint density at radius 2 is 0.805 bits per heavy atom.